The summed E-state index contributed by atoms with van der Waals surface area (Å²) in [5.41, 5.74) is 0.822. The van der Waals surface area contributed by atoms with Gasteiger partial charge in [-0.25, -0.2) is 0 Å². The first-order valence-electron chi connectivity index (χ1n) is 9.66. The zero-order chi connectivity index (χ0) is 19.8. The van der Waals surface area contributed by atoms with Crippen molar-refractivity contribution in [1.29, 1.82) is 0 Å². The second-order valence-electron chi connectivity index (χ2n) is 6.76. The van der Waals surface area contributed by atoms with E-state index in [0.29, 0.717) is 13.2 Å². The van der Waals surface area contributed by atoms with Crippen LogP contribution in [0.25, 0.3) is 0 Å². The molecule has 1 heterocycles. The number of piperidine rings is 1. The third kappa shape index (κ3) is 5.84. The Morgan fingerprint density at radius 1 is 1.07 bits per heavy atom. The molecule has 0 saturated carbocycles. The molecule has 1 aliphatic rings. The van der Waals surface area contributed by atoms with Crippen LogP contribution < -0.4 is 5.32 Å². The first-order valence-corrected chi connectivity index (χ1v) is 10.5. The molecule has 0 aromatic heterocycles. The van der Waals surface area contributed by atoms with E-state index < -0.39 is 0 Å². The Balaban J connectivity index is 1.52. The Labute approximate surface area is 170 Å². The Morgan fingerprint density at radius 2 is 1.75 bits per heavy atom. The molecule has 1 N–H and O–H groups in total. The van der Waals surface area contributed by atoms with Crippen molar-refractivity contribution in [3.8, 4) is 0 Å². The predicted octanol–water partition coefficient (Wildman–Crippen LogP) is 4.05. The van der Waals surface area contributed by atoms with E-state index in [0.717, 1.165) is 41.4 Å². The number of benzene rings is 2. The number of para-hydroxylation sites is 1. The predicted molar refractivity (Wildman–Crippen MR) is 111 cm³/mol. The topological polar surface area (TPSA) is 58.6 Å². The normalized spacial score (nSPS) is 15.2. The molecule has 2 aromatic carbocycles. The minimum atomic E-state index is -0.113. The highest BCUT2D eigenvalue weighted by atomic mass is 32.2. The third-order valence-electron chi connectivity index (χ3n) is 4.71. The van der Waals surface area contributed by atoms with Crippen LogP contribution in [0.15, 0.2) is 64.4 Å². The van der Waals surface area contributed by atoms with Crippen LogP contribution in [-0.4, -0.2) is 43.0 Å². The lowest BCUT2D eigenvalue weighted by atomic mass is 9.97. The van der Waals surface area contributed by atoms with Gasteiger partial charge in [0.1, 0.15) is 0 Å². The fourth-order valence-corrected chi connectivity index (χ4v) is 4.18. The zero-order valence-corrected chi connectivity index (χ0v) is 16.9. The molecule has 0 radical (unpaired) electrons. The van der Waals surface area contributed by atoms with Gasteiger partial charge in [0.2, 0.25) is 5.91 Å². The SMILES string of the molecule is CCOC(=O)C1CCN(CC(=O)Nc2ccccc2Sc2ccccc2)CC1. The van der Waals surface area contributed by atoms with Gasteiger partial charge >= 0.3 is 5.97 Å². The van der Waals surface area contributed by atoms with Crippen molar-refractivity contribution in [3.05, 3.63) is 54.6 Å². The number of nitrogens with one attached hydrogen (secondary N) is 1. The number of nitrogens with zero attached hydrogens (tertiary/aromatic N) is 1. The number of ether oxygens (including phenoxy) is 1. The van der Waals surface area contributed by atoms with Crippen LogP contribution in [0.1, 0.15) is 19.8 Å². The van der Waals surface area contributed by atoms with Crippen molar-refractivity contribution < 1.29 is 14.3 Å². The maximum absolute atomic E-state index is 12.5. The van der Waals surface area contributed by atoms with E-state index in [2.05, 4.69) is 22.3 Å². The zero-order valence-electron chi connectivity index (χ0n) is 16.1. The number of hydrogen-bond donors (Lipinski definition) is 1. The van der Waals surface area contributed by atoms with Crippen molar-refractivity contribution >= 4 is 29.3 Å². The van der Waals surface area contributed by atoms with E-state index in [-0.39, 0.29) is 17.8 Å². The number of hydrogen-bond acceptors (Lipinski definition) is 5. The van der Waals surface area contributed by atoms with Gasteiger partial charge in [-0.05, 0) is 57.1 Å². The molecule has 1 amide bonds. The number of rotatable bonds is 7. The number of carbonyl (C=O) groups excluding carboxylic acids is 2. The van der Waals surface area contributed by atoms with Gasteiger partial charge in [-0.15, -0.1) is 0 Å². The molecule has 2 aromatic rings. The van der Waals surface area contributed by atoms with E-state index in [1.165, 1.54) is 0 Å². The summed E-state index contributed by atoms with van der Waals surface area (Å²) in [7, 11) is 0. The van der Waals surface area contributed by atoms with Crippen LogP contribution in [-0.2, 0) is 14.3 Å². The van der Waals surface area contributed by atoms with Crippen molar-refractivity contribution in [2.45, 2.75) is 29.6 Å². The van der Waals surface area contributed by atoms with Crippen molar-refractivity contribution in [2.75, 3.05) is 31.6 Å². The molecule has 0 aliphatic carbocycles. The highest BCUT2D eigenvalue weighted by molar-refractivity contribution is 7.99. The van der Waals surface area contributed by atoms with E-state index >= 15 is 0 Å². The average molecular weight is 399 g/mol. The molecule has 0 atom stereocenters. The largest absolute Gasteiger partial charge is 0.466 e. The Kier molecular flexibility index (Phi) is 7.51. The lowest BCUT2D eigenvalue weighted by Crippen LogP contribution is -2.41. The van der Waals surface area contributed by atoms with E-state index in [1.54, 1.807) is 11.8 Å². The van der Waals surface area contributed by atoms with Crippen LogP contribution in [0.4, 0.5) is 5.69 Å². The quantitative estimate of drug-likeness (QED) is 0.713. The highest BCUT2D eigenvalue weighted by Crippen LogP contribution is 2.33. The van der Waals surface area contributed by atoms with Crippen LogP contribution in [0, 0.1) is 5.92 Å². The lowest BCUT2D eigenvalue weighted by molar-refractivity contribution is -0.149. The molecule has 0 unspecified atom stereocenters. The number of likely N-dealkylation sites (tertiary alicyclic amines) is 1. The Morgan fingerprint density at radius 3 is 2.46 bits per heavy atom. The minimum Gasteiger partial charge on any atom is -0.466 e. The summed E-state index contributed by atoms with van der Waals surface area (Å²) in [4.78, 5) is 28.6. The fraction of sp³-hybridized carbons (Fsp3) is 0.364. The van der Waals surface area contributed by atoms with Gasteiger partial charge in [-0.2, -0.15) is 0 Å². The summed E-state index contributed by atoms with van der Waals surface area (Å²) in [6.45, 7) is 4.04. The maximum atomic E-state index is 12.5. The van der Waals surface area contributed by atoms with Crippen molar-refractivity contribution in [3.63, 3.8) is 0 Å². The van der Waals surface area contributed by atoms with Gasteiger partial charge in [0.25, 0.3) is 0 Å². The molecule has 1 fully saturated rings. The average Bonchev–Trinajstić information content (AvgIpc) is 2.71. The van der Waals surface area contributed by atoms with Gasteiger partial charge in [-0.3, -0.25) is 14.5 Å². The standard InChI is InChI=1S/C22H26N2O3S/c1-2-27-22(26)17-12-14-24(15-13-17)16-21(25)23-19-10-6-7-11-20(19)28-18-8-4-3-5-9-18/h3-11,17H,2,12-16H2,1H3,(H,23,25). The molecule has 1 saturated heterocycles. The second-order valence-corrected chi connectivity index (χ2v) is 7.88. The van der Waals surface area contributed by atoms with Crippen LogP contribution in [0.3, 0.4) is 0 Å². The molecule has 3 rings (SSSR count). The fourth-order valence-electron chi connectivity index (χ4n) is 3.25. The molecular weight excluding hydrogens is 372 g/mol. The molecule has 148 valence electrons. The smallest absolute Gasteiger partial charge is 0.309 e. The first-order chi connectivity index (χ1) is 13.7. The Hall–Kier alpha value is -2.31. The Bertz CT molecular complexity index is 789. The second kappa shape index (κ2) is 10.3. The third-order valence-corrected chi connectivity index (χ3v) is 5.79. The molecule has 6 heteroatoms. The van der Waals surface area contributed by atoms with Crippen molar-refractivity contribution in [2.24, 2.45) is 5.92 Å². The number of anilines is 1. The molecule has 0 bridgehead atoms. The maximum Gasteiger partial charge on any atom is 0.309 e. The summed E-state index contributed by atoms with van der Waals surface area (Å²) in [5.74, 6) is -0.184. The molecule has 5 nitrogen and oxygen atoms in total. The minimum absolute atomic E-state index is 0.0318. The van der Waals surface area contributed by atoms with E-state index in [9.17, 15) is 9.59 Å². The molecule has 0 spiro atoms. The van der Waals surface area contributed by atoms with Gasteiger partial charge in [0.05, 0.1) is 24.8 Å². The van der Waals surface area contributed by atoms with Gasteiger partial charge in [-0.1, -0.05) is 42.1 Å². The summed E-state index contributed by atoms with van der Waals surface area (Å²) in [6.07, 6.45) is 1.49. The lowest BCUT2D eigenvalue weighted by Gasteiger charge is -2.30. The number of carbonyl (C=O) groups is 2. The van der Waals surface area contributed by atoms with Gasteiger partial charge in [0.15, 0.2) is 0 Å². The molecular formula is C22H26N2O3S. The summed E-state index contributed by atoms with van der Waals surface area (Å²) in [5, 5.41) is 3.04. The van der Waals surface area contributed by atoms with Gasteiger partial charge in [0, 0.05) is 9.79 Å². The molecule has 1 aliphatic heterocycles. The van der Waals surface area contributed by atoms with Crippen LogP contribution in [0.2, 0.25) is 0 Å². The summed E-state index contributed by atoms with van der Waals surface area (Å²) < 4.78 is 5.10. The summed E-state index contributed by atoms with van der Waals surface area (Å²) in [6, 6.07) is 17.9. The van der Waals surface area contributed by atoms with E-state index in [4.69, 9.17) is 4.74 Å². The monoisotopic (exact) mass is 398 g/mol. The van der Waals surface area contributed by atoms with E-state index in [1.807, 2.05) is 49.4 Å². The highest BCUT2D eigenvalue weighted by Gasteiger charge is 2.26. The van der Waals surface area contributed by atoms with Gasteiger partial charge < -0.3 is 10.1 Å². The first kappa shape index (κ1) is 20.4. The molecule has 28 heavy (non-hydrogen) atoms. The summed E-state index contributed by atoms with van der Waals surface area (Å²) >= 11 is 1.63. The van der Waals surface area contributed by atoms with Crippen molar-refractivity contribution in [1.82, 2.24) is 4.90 Å². The van der Waals surface area contributed by atoms with Crippen LogP contribution in [0.5, 0.6) is 0 Å². The number of esters is 1. The number of amides is 1. The van der Waals surface area contributed by atoms with Crippen LogP contribution >= 0.6 is 11.8 Å².